The highest BCUT2D eigenvalue weighted by Crippen LogP contribution is 2.28. The van der Waals surface area contributed by atoms with Gasteiger partial charge in [-0.25, -0.2) is 13.1 Å². The SMILES string of the molecule is CC(CS(C)(=O)=O)n1nnnc1-c1cc(Cl)ccc1N. The molecule has 0 aliphatic heterocycles. The third-order valence-electron chi connectivity index (χ3n) is 2.71. The molecule has 1 heterocycles. The Morgan fingerprint density at radius 1 is 1.45 bits per heavy atom. The number of nitrogens with two attached hydrogens (primary N) is 1. The largest absolute Gasteiger partial charge is 0.398 e. The van der Waals surface area contributed by atoms with E-state index in [1.165, 1.54) is 10.9 Å². The number of hydrogen-bond acceptors (Lipinski definition) is 6. The molecule has 1 aromatic heterocycles. The van der Waals surface area contributed by atoms with E-state index >= 15 is 0 Å². The van der Waals surface area contributed by atoms with Crippen LogP contribution in [0.25, 0.3) is 11.4 Å². The number of sulfone groups is 1. The summed E-state index contributed by atoms with van der Waals surface area (Å²) in [6.07, 6.45) is 1.17. The van der Waals surface area contributed by atoms with Crippen molar-refractivity contribution in [3.05, 3.63) is 23.2 Å². The van der Waals surface area contributed by atoms with E-state index in [0.717, 1.165) is 0 Å². The normalized spacial score (nSPS) is 13.3. The number of nitrogens with zero attached hydrogens (tertiary/aromatic N) is 4. The standard InChI is InChI=1S/C11H14ClN5O2S/c1-7(6-20(2,18)19)17-11(14-15-16-17)9-5-8(12)3-4-10(9)13/h3-5,7H,6,13H2,1-2H3. The van der Waals surface area contributed by atoms with Gasteiger partial charge in [-0.3, -0.25) is 0 Å². The summed E-state index contributed by atoms with van der Waals surface area (Å²) in [6.45, 7) is 1.72. The van der Waals surface area contributed by atoms with E-state index in [0.29, 0.717) is 22.1 Å². The molecule has 2 aromatic rings. The molecule has 1 aromatic carbocycles. The second-order valence-corrected chi connectivity index (χ2v) is 7.24. The van der Waals surface area contributed by atoms with Gasteiger partial charge < -0.3 is 5.73 Å². The molecule has 0 bridgehead atoms. The topological polar surface area (TPSA) is 104 Å². The molecule has 0 saturated carbocycles. The summed E-state index contributed by atoms with van der Waals surface area (Å²) in [5.74, 6) is 0.326. The maximum absolute atomic E-state index is 11.4. The molecule has 1 atom stereocenters. The number of benzene rings is 1. The van der Waals surface area contributed by atoms with Gasteiger partial charge >= 0.3 is 0 Å². The minimum atomic E-state index is -3.14. The number of halogens is 1. The van der Waals surface area contributed by atoms with Crippen molar-refractivity contribution in [3.63, 3.8) is 0 Å². The van der Waals surface area contributed by atoms with Gasteiger partial charge in [-0.2, -0.15) is 0 Å². The van der Waals surface area contributed by atoms with Crippen LogP contribution in [0, 0.1) is 0 Å². The van der Waals surface area contributed by atoms with E-state index in [4.69, 9.17) is 17.3 Å². The third kappa shape index (κ3) is 3.26. The Morgan fingerprint density at radius 2 is 2.15 bits per heavy atom. The highest BCUT2D eigenvalue weighted by molar-refractivity contribution is 7.90. The number of aromatic nitrogens is 4. The smallest absolute Gasteiger partial charge is 0.184 e. The average molecular weight is 316 g/mol. The Labute approximate surface area is 121 Å². The molecule has 0 aliphatic rings. The van der Waals surface area contributed by atoms with Crippen LogP contribution in [0.1, 0.15) is 13.0 Å². The average Bonchev–Trinajstić information content (AvgIpc) is 2.79. The van der Waals surface area contributed by atoms with Gasteiger partial charge in [0.2, 0.25) is 0 Å². The van der Waals surface area contributed by atoms with Gasteiger partial charge in [0, 0.05) is 22.5 Å². The number of hydrogen-bond donors (Lipinski definition) is 1. The lowest BCUT2D eigenvalue weighted by atomic mass is 10.1. The van der Waals surface area contributed by atoms with Crippen molar-refractivity contribution in [2.24, 2.45) is 0 Å². The van der Waals surface area contributed by atoms with Gasteiger partial charge in [0.25, 0.3) is 0 Å². The molecule has 7 nitrogen and oxygen atoms in total. The maximum Gasteiger partial charge on any atom is 0.184 e. The lowest BCUT2D eigenvalue weighted by molar-refractivity contribution is 0.509. The highest BCUT2D eigenvalue weighted by atomic mass is 35.5. The van der Waals surface area contributed by atoms with Crippen LogP contribution in [0.2, 0.25) is 5.02 Å². The molecule has 0 amide bonds. The van der Waals surface area contributed by atoms with Gasteiger partial charge in [-0.05, 0) is 35.5 Å². The van der Waals surface area contributed by atoms with Crippen LogP contribution < -0.4 is 5.73 Å². The molecular formula is C11H14ClN5O2S. The van der Waals surface area contributed by atoms with Gasteiger partial charge in [0.15, 0.2) is 5.82 Å². The first-order valence-corrected chi connectivity index (χ1v) is 8.23. The summed E-state index contributed by atoms with van der Waals surface area (Å²) in [5, 5.41) is 11.8. The first kappa shape index (κ1) is 14.7. The van der Waals surface area contributed by atoms with Crippen LogP contribution in [-0.4, -0.2) is 40.6 Å². The lowest BCUT2D eigenvalue weighted by Crippen LogP contribution is -2.18. The van der Waals surface area contributed by atoms with Gasteiger partial charge in [-0.15, -0.1) is 5.10 Å². The molecule has 108 valence electrons. The van der Waals surface area contributed by atoms with Crippen molar-refractivity contribution in [2.75, 3.05) is 17.7 Å². The van der Waals surface area contributed by atoms with Crippen LogP contribution in [0.3, 0.4) is 0 Å². The van der Waals surface area contributed by atoms with E-state index in [1.54, 1.807) is 25.1 Å². The maximum atomic E-state index is 11.4. The zero-order valence-electron chi connectivity index (χ0n) is 11.0. The van der Waals surface area contributed by atoms with Crippen molar-refractivity contribution < 1.29 is 8.42 Å². The summed E-state index contributed by atoms with van der Waals surface area (Å²) >= 11 is 5.94. The van der Waals surface area contributed by atoms with Crippen LogP contribution in [0.4, 0.5) is 5.69 Å². The quantitative estimate of drug-likeness (QED) is 0.850. The Balaban J connectivity index is 2.45. The van der Waals surface area contributed by atoms with Crippen molar-refractivity contribution in [1.29, 1.82) is 0 Å². The number of nitrogen functional groups attached to an aromatic ring is 1. The van der Waals surface area contributed by atoms with Gasteiger partial charge in [0.1, 0.15) is 9.84 Å². The van der Waals surface area contributed by atoms with Crippen molar-refractivity contribution in [1.82, 2.24) is 20.2 Å². The van der Waals surface area contributed by atoms with E-state index in [-0.39, 0.29) is 5.75 Å². The summed E-state index contributed by atoms with van der Waals surface area (Å²) in [7, 11) is -3.14. The summed E-state index contributed by atoms with van der Waals surface area (Å²) in [5.41, 5.74) is 6.93. The molecule has 1 unspecified atom stereocenters. The first-order valence-electron chi connectivity index (χ1n) is 5.79. The summed E-state index contributed by atoms with van der Waals surface area (Å²) in [6, 6.07) is 4.55. The van der Waals surface area contributed by atoms with Crippen LogP contribution >= 0.6 is 11.6 Å². The lowest BCUT2D eigenvalue weighted by Gasteiger charge is -2.13. The zero-order valence-corrected chi connectivity index (χ0v) is 12.6. The van der Waals surface area contributed by atoms with Crippen molar-refractivity contribution in [3.8, 4) is 11.4 Å². The fraction of sp³-hybridized carbons (Fsp3) is 0.364. The third-order valence-corrected chi connectivity index (χ3v) is 4.03. The van der Waals surface area contributed by atoms with Crippen LogP contribution in [0.5, 0.6) is 0 Å². The van der Waals surface area contributed by atoms with Crippen LogP contribution in [-0.2, 0) is 9.84 Å². The van der Waals surface area contributed by atoms with E-state index in [2.05, 4.69) is 15.5 Å². The fourth-order valence-corrected chi connectivity index (χ4v) is 3.09. The molecule has 9 heteroatoms. The molecule has 0 radical (unpaired) electrons. The Hall–Kier alpha value is -1.67. The van der Waals surface area contributed by atoms with Crippen molar-refractivity contribution >= 4 is 27.1 Å². The highest BCUT2D eigenvalue weighted by Gasteiger charge is 2.20. The molecule has 0 saturated heterocycles. The summed E-state index contributed by atoms with van der Waals surface area (Å²) < 4.78 is 24.2. The van der Waals surface area contributed by atoms with Gasteiger partial charge in [0.05, 0.1) is 11.8 Å². The minimum Gasteiger partial charge on any atom is -0.398 e. The second kappa shape index (κ2) is 5.37. The molecule has 2 rings (SSSR count). The zero-order chi connectivity index (χ0) is 14.9. The number of rotatable bonds is 4. The van der Waals surface area contributed by atoms with E-state index in [9.17, 15) is 8.42 Å². The molecule has 0 fully saturated rings. The summed E-state index contributed by atoms with van der Waals surface area (Å²) in [4.78, 5) is 0. The first-order chi connectivity index (χ1) is 9.28. The number of tetrazole rings is 1. The van der Waals surface area contributed by atoms with E-state index < -0.39 is 15.9 Å². The number of anilines is 1. The monoisotopic (exact) mass is 315 g/mol. The minimum absolute atomic E-state index is 0.0640. The molecule has 2 N–H and O–H groups in total. The molecule has 0 aliphatic carbocycles. The molecular weight excluding hydrogens is 302 g/mol. The fourth-order valence-electron chi connectivity index (χ4n) is 1.90. The van der Waals surface area contributed by atoms with Crippen LogP contribution in [0.15, 0.2) is 18.2 Å². The Morgan fingerprint density at radius 3 is 2.80 bits per heavy atom. The van der Waals surface area contributed by atoms with Crippen molar-refractivity contribution in [2.45, 2.75) is 13.0 Å². The molecule has 0 spiro atoms. The molecule has 20 heavy (non-hydrogen) atoms. The predicted octanol–water partition coefficient (Wildman–Crippen LogP) is 1.18. The Bertz CT molecular complexity index is 728. The predicted molar refractivity (Wildman–Crippen MR) is 77.1 cm³/mol. The Kier molecular flexibility index (Phi) is 3.96. The van der Waals surface area contributed by atoms with E-state index in [1.807, 2.05) is 0 Å². The second-order valence-electron chi connectivity index (χ2n) is 4.62. The van der Waals surface area contributed by atoms with Gasteiger partial charge in [-0.1, -0.05) is 11.6 Å².